The van der Waals surface area contributed by atoms with Crippen molar-refractivity contribution in [1.82, 2.24) is 10.2 Å². The number of fused-ring (bicyclic) bond motifs is 1. The molecule has 35 heavy (non-hydrogen) atoms. The Hall–Kier alpha value is -3.26. The monoisotopic (exact) mass is 479 g/mol. The summed E-state index contributed by atoms with van der Waals surface area (Å²) in [5, 5.41) is 6.02. The number of carbonyl (C=O) groups excluding carboxylic acids is 2. The zero-order valence-electron chi connectivity index (χ0n) is 20.0. The van der Waals surface area contributed by atoms with E-state index >= 15 is 0 Å². The molecule has 1 atom stereocenters. The van der Waals surface area contributed by atoms with E-state index in [1.807, 2.05) is 47.4 Å². The molecule has 3 heterocycles. The summed E-state index contributed by atoms with van der Waals surface area (Å²) in [7, 11) is 0. The second-order valence-electron chi connectivity index (χ2n) is 9.63. The second kappa shape index (κ2) is 10.6. The number of nitrogens with one attached hydrogen (secondary N) is 2. The Morgan fingerprint density at radius 2 is 1.74 bits per heavy atom. The van der Waals surface area contributed by atoms with Gasteiger partial charge in [-0.3, -0.25) is 4.79 Å². The molecule has 1 unspecified atom stereocenters. The highest BCUT2D eigenvalue weighted by molar-refractivity contribution is 5.89. The molecule has 8 heteroatoms. The van der Waals surface area contributed by atoms with Gasteiger partial charge >= 0.3 is 6.03 Å². The lowest BCUT2D eigenvalue weighted by Crippen LogP contribution is -2.51. The Kier molecular flexibility index (Phi) is 7.08. The topological polar surface area (TPSA) is 89.1 Å². The SMILES string of the molecule is O=C(CC1CCOC2(CCN(C(=O)Nc3ccc4c(c3)OCCO4)CC2)C1)NCc1ccccc1. The van der Waals surface area contributed by atoms with Gasteiger partial charge in [0.05, 0.1) is 5.60 Å². The maximum Gasteiger partial charge on any atom is 0.321 e. The summed E-state index contributed by atoms with van der Waals surface area (Å²) in [6.07, 6.45) is 3.85. The molecule has 2 saturated heterocycles. The molecular formula is C27H33N3O5. The smallest absolute Gasteiger partial charge is 0.321 e. The van der Waals surface area contributed by atoms with Crippen LogP contribution < -0.4 is 20.1 Å². The average molecular weight is 480 g/mol. The van der Waals surface area contributed by atoms with Crippen LogP contribution in [0.3, 0.4) is 0 Å². The van der Waals surface area contributed by atoms with E-state index in [0.29, 0.717) is 69.0 Å². The molecule has 186 valence electrons. The van der Waals surface area contributed by atoms with Gasteiger partial charge in [-0.1, -0.05) is 30.3 Å². The lowest BCUT2D eigenvalue weighted by molar-refractivity contribution is -0.133. The van der Waals surface area contributed by atoms with Gasteiger partial charge in [-0.25, -0.2) is 4.79 Å². The summed E-state index contributed by atoms with van der Waals surface area (Å²) >= 11 is 0. The van der Waals surface area contributed by atoms with Gasteiger partial charge in [-0.2, -0.15) is 0 Å². The van der Waals surface area contributed by atoms with Gasteiger partial charge < -0.3 is 29.7 Å². The molecule has 2 N–H and O–H groups in total. The summed E-state index contributed by atoms with van der Waals surface area (Å²) in [6.45, 7) is 3.53. The zero-order valence-corrected chi connectivity index (χ0v) is 20.0. The molecule has 0 aliphatic carbocycles. The number of ether oxygens (including phenoxy) is 3. The largest absolute Gasteiger partial charge is 0.486 e. The van der Waals surface area contributed by atoms with E-state index in [2.05, 4.69) is 10.6 Å². The fourth-order valence-corrected chi connectivity index (χ4v) is 5.22. The lowest BCUT2D eigenvalue weighted by atomic mass is 9.78. The minimum atomic E-state index is -0.240. The van der Waals surface area contributed by atoms with Crippen molar-refractivity contribution < 1.29 is 23.8 Å². The van der Waals surface area contributed by atoms with Crippen molar-refractivity contribution in [3.63, 3.8) is 0 Å². The van der Waals surface area contributed by atoms with Crippen LogP contribution in [0.2, 0.25) is 0 Å². The molecular weight excluding hydrogens is 446 g/mol. The number of rotatable bonds is 5. The van der Waals surface area contributed by atoms with Crippen molar-refractivity contribution in [2.24, 2.45) is 5.92 Å². The molecule has 3 aliphatic rings. The van der Waals surface area contributed by atoms with E-state index in [4.69, 9.17) is 14.2 Å². The maximum absolute atomic E-state index is 12.9. The van der Waals surface area contributed by atoms with Crippen LogP contribution in [0.15, 0.2) is 48.5 Å². The molecule has 2 aromatic carbocycles. The first-order chi connectivity index (χ1) is 17.1. The standard InChI is InChI=1S/C27H33N3O5/c31-25(28-19-20-4-2-1-3-5-20)16-21-8-13-35-27(18-21)9-11-30(12-10-27)26(32)29-22-6-7-23-24(17-22)34-15-14-33-23/h1-7,17,21H,8-16,18-19H2,(H,28,31)(H,29,32). The van der Waals surface area contributed by atoms with Crippen molar-refractivity contribution in [3.8, 4) is 11.5 Å². The molecule has 0 bridgehead atoms. The number of amides is 3. The number of hydrogen-bond donors (Lipinski definition) is 2. The third-order valence-electron chi connectivity index (χ3n) is 7.16. The number of nitrogens with zero attached hydrogens (tertiary/aromatic N) is 1. The minimum Gasteiger partial charge on any atom is -0.486 e. The molecule has 5 rings (SSSR count). The number of urea groups is 1. The zero-order chi connectivity index (χ0) is 24.1. The highest BCUT2D eigenvalue weighted by Crippen LogP contribution is 2.39. The van der Waals surface area contributed by atoms with Crippen LogP contribution in [-0.2, 0) is 16.1 Å². The van der Waals surface area contributed by atoms with E-state index in [1.54, 1.807) is 6.07 Å². The van der Waals surface area contributed by atoms with Crippen molar-refractivity contribution in [2.75, 3.05) is 38.2 Å². The summed E-state index contributed by atoms with van der Waals surface area (Å²) < 4.78 is 17.4. The van der Waals surface area contributed by atoms with E-state index in [0.717, 1.165) is 31.2 Å². The molecule has 3 amide bonds. The van der Waals surface area contributed by atoms with Crippen LogP contribution in [0.1, 0.15) is 37.7 Å². The van der Waals surface area contributed by atoms with Crippen molar-refractivity contribution in [3.05, 3.63) is 54.1 Å². The van der Waals surface area contributed by atoms with Gasteiger partial charge in [0.1, 0.15) is 13.2 Å². The lowest BCUT2D eigenvalue weighted by Gasteiger charge is -2.46. The van der Waals surface area contributed by atoms with Crippen LogP contribution in [0, 0.1) is 5.92 Å². The van der Waals surface area contributed by atoms with E-state index in [-0.39, 0.29) is 17.5 Å². The first-order valence-electron chi connectivity index (χ1n) is 12.5. The van der Waals surface area contributed by atoms with Gasteiger partial charge in [-0.15, -0.1) is 0 Å². The Bertz CT molecular complexity index is 1040. The minimum absolute atomic E-state index is 0.0899. The quantitative estimate of drug-likeness (QED) is 0.678. The Morgan fingerprint density at radius 3 is 2.54 bits per heavy atom. The molecule has 2 aromatic rings. The van der Waals surface area contributed by atoms with Crippen LogP contribution >= 0.6 is 0 Å². The second-order valence-corrected chi connectivity index (χ2v) is 9.63. The van der Waals surface area contributed by atoms with Crippen LogP contribution in [0.25, 0.3) is 0 Å². The number of anilines is 1. The molecule has 0 saturated carbocycles. The van der Waals surface area contributed by atoms with Gasteiger partial charge in [0.15, 0.2) is 11.5 Å². The van der Waals surface area contributed by atoms with Crippen molar-refractivity contribution in [1.29, 1.82) is 0 Å². The van der Waals surface area contributed by atoms with Gasteiger partial charge in [0.2, 0.25) is 5.91 Å². The molecule has 3 aliphatic heterocycles. The van der Waals surface area contributed by atoms with E-state index in [1.165, 1.54) is 0 Å². The third-order valence-corrected chi connectivity index (χ3v) is 7.16. The first-order valence-corrected chi connectivity index (χ1v) is 12.5. The van der Waals surface area contributed by atoms with E-state index < -0.39 is 0 Å². The normalized spacial score (nSPS) is 20.8. The first kappa shape index (κ1) is 23.5. The predicted molar refractivity (Wildman–Crippen MR) is 132 cm³/mol. The summed E-state index contributed by atoms with van der Waals surface area (Å²) in [5.41, 5.74) is 1.55. The van der Waals surface area contributed by atoms with Crippen molar-refractivity contribution in [2.45, 2.75) is 44.2 Å². The van der Waals surface area contributed by atoms with Crippen LogP contribution in [0.5, 0.6) is 11.5 Å². The molecule has 8 nitrogen and oxygen atoms in total. The highest BCUT2D eigenvalue weighted by Gasteiger charge is 2.41. The van der Waals surface area contributed by atoms with E-state index in [9.17, 15) is 9.59 Å². The average Bonchev–Trinajstić information content (AvgIpc) is 2.88. The maximum atomic E-state index is 12.9. The third kappa shape index (κ3) is 5.88. The van der Waals surface area contributed by atoms with Gasteiger partial charge in [0.25, 0.3) is 0 Å². The summed E-state index contributed by atoms with van der Waals surface area (Å²) in [5.74, 6) is 1.75. The molecule has 0 aromatic heterocycles. The molecule has 1 spiro atoms. The fourth-order valence-electron chi connectivity index (χ4n) is 5.22. The summed E-state index contributed by atoms with van der Waals surface area (Å²) in [6, 6.07) is 15.3. The summed E-state index contributed by atoms with van der Waals surface area (Å²) in [4.78, 5) is 27.2. The number of hydrogen-bond acceptors (Lipinski definition) is 5. The van der Waals surface area contributed by atoms with Crippen molar-refractivity contribution >= 4 is 17.6 Å². The predicted octanol–water partition coefficient (Wildman–Crippen LogP) is 3.96. The Labute approximate surface area is 205 Å². The Balaban J connectivity index is 1.09. The van der Waals surface area contributed by atoms with Gasteiger partial charge in [-0.05, 0) is 49.3 Å². The number of piperidine rings is 1. The molecule has 2 fully saturated rings. The molecule has 0 radical (unpaired) electrons. The fraction of sp³-hybridized carbons (Fsp3) is 0.481. The van der Waals surface area contributed by atoms with Gasteiger partial charge in [0, 0.05) is 44.4 Å². The van der Waals surface area contributed by atoms with Crippen LogP contribution in [-0.4, -0.2) is 55.3 Å². The van der Waals surface area contributed by atoms with Crippen LogP contribution in [0.4, 0.5) is 10.5 Å². The Morgan fingerprint density at radius 1 is 0.971 bits per heavy atom. The number of carbonyl (C=O) groups is 2. The number of likely N-dealkylation sites (tertiary alicyclic amines) is 1. The number of benzene rings is 2. The highest BCUT2D eigenvalue weighted by atomic mass is 16.6.